The first-order valence-electron chi connectivity index (χ1n) is 31.7. The molecule has 18 nitrogen and oxygen atoms in total. The highest BCUT2D eigenvalue weighted by Gasteiger charge is 2.46. The molecule has 0 radical (unpaired) electrons. The molecule has 2 saturated carbocycles. The van der Waals surface area contributed by atoms with Crippen LogP contribution in [0.2, 0.25) is 0 Å². The normalized spacial score (nSPS) is 21.7. The molecule has 4 aliphatic rings. The second-order valence-corrected chi connectivity index (χ2v) is 25.4. The Kier molecular flexibility index (Phi) is 24.0. The van der Waals surface area contributed by atoms with Gasteiger partial charge in [-0.1, -0.05) is 5.16 Å². The molecule has 2 saturated heterocycles. The highest BCUT2D eigenvalue weighted by atomic mass is 79.9. The molecule has 5 heterocycles. The van der Waals surface area contributed by atoms with Crippen LogP contribution in [0.4, 0.5) is 73.9 Å². The Morgan fingerprint density at radius 1 is 0.562 bits per heavy atom. The second-order valence-electron chi connectivity index (χ2n) is 24.6. The van der Waals surface area contributed by atoms with E-state index in [1.807, 2.05) is 23.6 Å². The zero-order chi connectivity index (χ0) is 70.4. The number of nitrogens with zero attached hydrogens (tertiary/aromatic N) is 9. The number of anilines is 2. The third-order valence-corrected chi connectivity index (χ3v) is 18.4. The lowest BCUT2D eigenvalue weighted by Gasteiger charge is -2.33. The topological polar surface area (TPSA) is 196 Å². The molecule has 2 aliphatic carbocycles. The summed E-state index contributed by atoms with van der Waals surface area (Å²) in [5, 5.41) is 4.00. The Labute approximate surface area is 555 Å². The minimum absolute atomic E-state index is 0.0387. The van der Waals surface area contributed by atoms with E-state index in [4.69, 9.17) is 33.4 Å². The molecule has 2 aromatic carbocycles. The van der Waals surface area contributed by atoms with Crippen molar-refractivity contribution in [1.82, 2.24) is 34.9 Å². The maximum Gasteiger partial charge on any atom is 0.416 e. The van der Waals surface area contributed by atoms with E-state index in [-0.39, 0.29) is 54.9 Å². The van der Waals surface area contributed by atoms with Gasteiger partial charge in [-0.25, -0.2) is 29.5 Å². The van der Waals surface area contributed by atoms with Crippen LogP contribution in [-0.2, 0) is 66.3 Å². The van der Waals surface area contributed by atoms with Gasteiger partial charge < -0.3 is 33.3 Å². The van der Waals surface area contributed by atoms with Crippen LogP contribution in [0.5, 0.6) is 0 Å². The average molecular weight is 1440 g/mol. The number of halogens is 13. The number of cyclic esters (lactones) is 2. The SMILES string of the molecule is CCOC(=O)CC1CCC(CN(CC)c2ncc(-c3c(C)noc3C)nc2CN2C(=O)OC(c3cc(C(F)(F)F)cc(C(F)(F)F)c3)[C@@H]2C)CC1.CCOC(=O)CC1CCC(CN(CC)c2ncc(Br)nc2CN2C(=O)OC(c3cc(C(F)(F)F)cc(C(F)(F)F)c3)[C@@H]2C)CC1. The minimum atomic E-state index is -5.06. The molecule has 0 spiro atoms. The summed E-state index contributed by atoms with van der Waals surface area (Å²) in [6.07, 6.45) is -13.8. The molecule has 4 fully saturated rings. The minimum Gasteiger partial charge on any atom is -0.466 e. The molecule has 96 heavy (non-hydrogen) atoms. The van der Waals surface area contributed by atoms with Crippen LogP contribution in [0, 0.1) is 37.5 Å². The maximum atomic E-state index is 13.7. The maximum absolute atomic E-state index is 13.7. The number of amides is 2. The molecule has 0 bridgehead atoms. The molecule has 31 heteroatoms. The van der Waals surface area contributed by atoms with Gasteiger partial charge in [0.1, 0.15) is 34.0 Å². The molecule has 2 unspecified atom stereocenters. The summed E-state index contributed by atoms with van der Waals surface area (Å²) in [6.45, 7) is 16.7. The number of aromatic nitrogens is 5. The molecule has 526 valence electrons. The van der Waals surface area contributed by atoms with E-state index in [1.54, 1.807) is 33.9 Å². The number of aryl methyl sites for hydroxylation is 2. The van der Waals surface area contributed by atoms with Crippen molar-refractivity contribution in [3.8, 4) is 11.3 Å². The summed E-state index contributed by atoms with van der Waals surface area (Å²) in [5.41, 5.74) is -4.45. The fraction of sp³-hybridized carbons (Fsp3) is 0.585. The van der Waals surface area contributed by atoms with E-state index in [1.165, 1.54) is 29.8 Å². The summed E-state index contributed by atoms with van der Waals surface area (Å²) in [7, 11) is 0. The van der Waals surface area contributed by atoms with Gasteiger partial charge in [-0.05, 0) is 194 Å². The van der Waals surface area contributed by atoms with Crippen molar-refractivity contribution in [1.29, 1.82) is 0 Å². The molecule has 9 rings (SSSR count). The first kappa shape index (κ1) is 74.3. The van der Waals surface area contributed by atoms with Gasteiger partial charge in [-0.3, -0.25) is 19.4 Å². The van der Waals surface area contributed by atoms with E-state index in [0.717, 1.165) is 51.4 Å². The van der Waals surface area contributed by atoms with Gasteiger partial charge in [0.05, 0.1) is 90.0 Å². The fourth-order valence-electron chi connectivity index (χ4n) is 13.0. The predicted molar refractivity (Wildman–Crippen MR) is 327 cm³/mol. The van der Waals surface area contributed by atoms with Crippen molar-refractivity contribution in [2.75, 3.05) is 49.2 Å². The average Bonchev–Trinajstić information content (AvgIpc) is 1.48. The zero-order valence-corrected chi connectivity index (χ0v) is 55.7. The molecular weight excluding hydrogens is 1360 g/mol. The molecular formula is C65H76BrF12N9O9. The van der Waals surface area contributed by atoms with Crippen molar-refractivity contribution in [2.24, 2.45) is 23.7 Å². The van der Waals surface area contributed by atoms with Crippen molar-refractivity contribution in [3.63, 3.8) is 0 Å². The predicted octanol–water partition coefficient (Wildman–Crippen LogP) is 16.4. The van der Waals surface area contributed by atoms with Crippen LogP contribution in [0.15, 0.2) is 57.9 Å². The van der Waals surface area contributed by atoms with Gasteiger partial charge in [0, 0.05) is 39.0 Å². The molecule has 4 atom stereocenters. The van der Waals surface area contributed by atoms with Gasteiger partial charge >= 0.3 is 48.8 Å². The Morgan fingerprint density at radius 3 is 1.27 bits per heavy atom. The summed E-state index contributed by atoms with van der Waals surface area (Å²) in [5.74, 6) is 2.23. The number of ether oxygens (including phenoxy) is 4. The number of hydrogen-bond acceptors (Lipinski definition) is 16. The number of esters is 2. The fourth-order valence-corrected chi connectivity index (χ4v) is 13.3. The Bertz CT molecular complexity index is 3450. The number of hydrogen-bond donors (Lipinski definition) is 0. The largest absolute Gasteiger partial charge is 0.466 e. The van der Waals surface area contributed by atoms with Crippen molar-refractivity contribution in [2.45, 2.75) is 182 Å². The smallest absolute Gasteiger partial charge is 0.416 e. The molecule has 5 aromatic rings. The quantitative estimate of drug-likeness (QED) is 0.0382. The Hall–Kier alpha value is -7.47. The van der Waals surface area contributed by atoms with E-state index in [0.29, 0.717) is 133 Å². The summed E-state index contributed by atoms with van der Waals surface area (Å²) >= 11 is 3.31. The van der Waals surface area contributed by atoms with Gasteiger partial charge in [-0.2, -0.15) is 52.7 Å². The number of carbonyl (C=O) groups excluding carboxylic acids is 4. The number of alkyl halides is 12. The van der Waals surface area contributed by atoms with Crippen molar-refractivity contribution < 1.29 is 95.3 Å². The monoisotopic (exact) mass is 1430 g/mol. The van der Waals surface area contributed by atoms with Gasteiger partial charge in [-0.15, -0.1) is 0 Å². The van der Waals surface area contributed by atoms with Crippen LogP contribution >= 0.6 is 15.9 Å². The van der Waals surface area contributed by atoms with Crippen LogP contribution in [0.3, 0.4) is 0 Å². The Balaban J connectivity index is 0.000000248. The molecule has 2 aliphatic heterocycles. The molecule has 3 aromatic heterocycles. The number of rotatable bonds is 21. The lowest BCUT2D eigenvalue weighted by Crippen LogP contribution is -2.36. The third kappa shape index (κ3) is 18.4. The molecule has 2 amide bonds. The summed E-state index contributed by atoms with van der Waals surface area (Å²) in [4.78, 5) is 75.5. The molecule has 0 N–H and O–H groups in total. The van der Waals surface area contributed by atoms with Crippen LogP contribution < -0.4 is 9.80 Å². The van der Waals surface area contributed by atoms with Gasteiger partial charge in [0.15, 0.2) is 11.6 Å². The third-order valence-electron chi connectivity index (χ3n) is 18.0. The van der Waals surface area contributed by atoms with E-state index < -0.39 is 94.6 Å². The van der Waals surface area contributed by atoms with Crippen molar-refractivity contribution >= 4 is 51.7 Å². The number of carbonyl (C=O) groups is 4. The summed E-state index contributed by atoms with van der Waals surface area (Å²) < 4.78 is 190. The van der Waals surface area contributed by atoms with E-state index in [2.05, 4.69) is 31.1 Å². The van der Waals surface area contributed by atoms with Crippen LogP contribution in [-0.4, -0.2) is 110 Å². The second kappa shape index (κ2) is 30.9. The lowest BCUT2D eigenvalue weighted by molar-refractivity contribution is -0.145. The zero-order valence-electron chi connectivity index (χ0n) is 54.1. The lowest BCUT2D eigenvalue weighted by atomic mass is 9.80. The highest BCUT2D eigenvalue weighted by Crippen LogP contribution is 2.45. The first-order chi connectivity index (χ1) is 45.1. The van der Waals surface area contributed by atoms with Crippen LogP contribution in [0.1, 0.15) is 174 Å². The van der Waals surface area contributed by atoms with Gasteiger partial charge in [0.2, 0.25) is 0 Å². The van der Waals surface area contributed by atoms with Crippen molar-refractivity contribution in [3.05, 3.63) is 110 Å². The standard InChI is InChI=1S/C35H41F6N5O5.C30H35BrF6N4O4/c1-6-45(17-23-10-8-22(9-11-23)12-29(47)49-7-2)32-28(43-27(16-42-32)30-19(3)44-51-21(30)5)18-46-20(4)31(50-33(46)48)24-13-25(34(36,37)38)15-26(14-24)35(39,40)41;1-4-40(15-19-8-6-18(7-9-19)10-25(42)44-5-2)27-23(39-24(31)14-38-27)16-41-17(3)26(45-28(41)43)20-11-21(29(32,33)34)13-22(12-20)30(35,36)37/h13-16,20,22-23,31H,6-12,17-18H2,1-5H3;11-14,17-19,26H,4-10,15-16H2,1-3H3/t20-,22?,23?,31?;17-,18?,19?,26?/m00/s1. The number of benzene rings is 2. The Morgan fingerprint density at radius 2 is 0.927 bits per heavy atom. The highest BCUT2D eigenvalue weighted by molar-refractivity contribution is 9.10. The van der Waals surface area contributed by atoms with E-state index in [9.17, 15) is 71.9 Å². The summed E-state index contributed by atoms with van der Waals surface area (Å²) in [6, 6.07) is 0.517. The van der Waals surface area contributed by atoms with E-state index >= 15 is 0 Å². The first-order valence-corrected chi connectivity index (χ1v) is 32.5. The van der Waals surface area contributed by atoms with Gasteiger partial charge in [0.25, 0.3) is 0 Å². The van der Waals surface area contributed by atoms with Crippen LogP contribution in [0.25, 0.3) is 11.3 Å².